The molecule has 0 aliphatic carbocycles. The number of hydrogen-bond acceptors (Lipinski definition) is 13. The molecule has 2 rings (SSSR count). The maximum atomic E-state index is 14.3. The normalized spacial score (nSPS) is 18.8. The van der Waals surface area contributed by atoms with Crippen LogP contribution >= 0.6 is 11.8 Å². The predicted molar refractivity (Wildman–Crippen MR) is 251 cm³/mol. The minimum atomic E-state index is -1.56. The van der Waals surface area contributed by atoms with Gasteiger partial charge in [0.2, 0.25) is 23.6 Å². The Balaban J connectivity index is 2.27. The van der Waals surface area contributed by atoms with Crippen LogP contribution in [0.5, 0.6) is 0 Å². The van der Waals surface area contributed by atoms with E-state index in [-0.39, 0.29) is 62.3 Å². The van der Waals surface area contributed by atoms with Crippen molar-refractivity contribution in [2.24, 2.45) is 22.4 Å². The number of nitrogens with zero attached hydrogens (tertiary/aromatic N) is 1. The topological polar surface area (TPSA) is 313 Å². The highest BCUT2D eigenvalue weighted by atomic mass is 32.2. The Labute approximate surface area is 394 Å². The molecule has 0 spiro atoms. The zero-order valence-corrected chi connectivity index (χ0v) is 41.6. The van der Waals surface area contributed by atoms with E-state index in [1.54, 1.807) is 76.2 Å². The van der Waals surface area contributed by atoms with Gasteiger partial charge in [-0.25, -0.2) is 14.4 Å². The molecule has 2 aliphatic rings. The minimum absolute atomic E-state index is 0.0144. The maximum Gasteiger partial charge on any atom is 0.408 e. The molecule has 0 aromatic carbocycles. The number of rotatable bonds is 25. The molecule has 7 atom stereocenters. The van der Waals surface area contributed by atoms with Crippen molar-refractivity contribution in [1.29, 1.82) is 0 Å². The summed E-state index contributed by atoms with van der Waals surface area (Å²) >= 11 is 1.82. The van der Waals surface area contributed by atoms with Crippen molar-refractivity contribution in [1.82, 2.24) is 37.2 Å². The highest BCUT2D eigenvalue weighted by molar-refractivity contribution is 8.00. The van der Waals surface area contributed by atoms with Crippen LogP contribution in [0, 0.1) is 5.92 Å². The minimum Gasteiger partial charge on any atom is -0.460 e. The van der Waals surface area contributed by atoms with Gasteiger partial charge in [0.15, 0.2) is 5.96 Å². The van der Waals surface area contributed by atoms with Crippen LogP contribution in [0.2, 0.25) is 0 Å². The molecule has 66 heavy (non-hydrogen) atoms. The van der Waals surface area contributed by atoms with Gasteiger partial charge in [-0.1, -0.05) is 20.3 Å². The highest BCUT2D eigenvalue weighted by Crippen LogP contribution is 2.33. The molecule has 2 heterocycles. The lowest BCUT2D eigenvalue weighted by Crippen LogP contribution is -2.59. The van der Waals surface area contributed by atoms with Gasteiger partial charge in [-0.05, 0) is 113 Å². The third-order valence-electron chi connectivity index (χ3n) is 9.96. The van der Waals surface area contributed by atoms with Gasteiger partial charge in [0.05, 0.1) is 18.5 Å². The first kappa shape index (κ1) is 57.1. The smallest absolute Gasteiger partial charge is 0.408 e. The van der Waals surface area contributed by atoms with Crippen LogP contribution in [0.4, 0.5) is 9.59 Å². The molecule has 2 fully saturated rings. The van der Waals surface area contributed by atoms with E-state index in [9.17, 15) is 38.4 Å². The van der Waals surface area contributed by atoms with Gasteiger partial charge in [-0.3, -0.25) is 29.0 Å². The summed E-state index contributed by atoms with van der Waals surface area (Å²) in [6, 6.07) is -5.14. The number of hydrogen-bond donors (Lipinski definition) is 9. The Morgan fingerprint density at radius 1 is 0.727 bits per heavy atom. The number of urea groups is 1. The van der Waals surface area contributed by atoms with Crippen LogP contribution in [-0.4, -0.2) is 131 Å². The van der Waals surface area contributed by atoms with E-state index in [0.29, 0.717) is 30.9 Å². The van der Waals surface area contributed by atoms with E-state index in [0.717, 1.165) is 18.6 Å². The first-order valence-electron chi connectivity index (χ1n) is 22.9. The monoisotopic (exact) mass is 955 g/mol. The van der Waals surface area contributed by atoms with E-state index >= 15 is 0 Å². The predicted octanol–water partition coefficient (Wildman–Crippen LogP) is 2.13. The third kappa shape index (κ3) is 22.9. The van der Waals surface area contributed by atoms with Gasteiger partial charge in [-0.15, -0.1) is 0 Å². The van der Waals surface area contributed by atoms with Gasteiger partial charge in [0.25, 0.3) is 0 Å². The number of guanidine groups is 1. The van der Waals surface area contributed by atoms with Crippen molar-refractivity contribution in [3.8, 4) is 0 Å². The fraction of sp³-hybridized carbons (Fsp3) is 0.795. The summed E-state index contributed by atoms with van der Waals surface area (Å²) in [5, 5.41) is 19.6. The molecule has 0 saturated carbocycles. The SMILES string of the molecule is CC(C)[C@H](NC(=O)[C@H](CC(=O)OC(C)(C)C)NC(=O)[C@H](CCCCNC(=O)CCCC[C@@H]1SC[C@@H]2NC(=O)N[C@@H]21)NC(=O)[C@H](CCCN=C(N)N)NC(=O)OC(C)(C)C)C(=O)OC(C)(C)C. The quantitative estimate of drug-likeness (QED) is 0.0158. The molecule has 376 valence electrons. The number of alkyl carbamates (subject to hydrolysis) is 1. The van der Waals surface area contributed by atoms with Crippen molar-refractivity contribution < 1.29 is 52.6 Å². The summed E-state index contributed by atoms with van der Waals surface area (Å²) in [5.41, 5.74) is 8.23. The number of unbranched alkanes of at least 4 members (excludes halogenated alkanes) is 2. The fourth-order valence-electron chi connectivity index (χ4n) is 6.98. The average Bonchev–Trinajstić information content (AvgIpc) is 3.71. The van der Waals surface area contributed by atoms with E-state index in [2.05, 4.69) is 42.2 Å². The summed E-state index contributed by atoms with van der Waals surface area (Å²) in [6.45, 7) is 18.8. The van der Waals surface area contributed by atoms with Crippen LogP contribution < -0.4 is 48.7 Å². The fourth-order valence-corrected chi connectivity index (χ4v) is 8.52. The number of carbonyl (C=O) groups excluding carboxylic acids is 8. The van der Waals surface area contributed by atoms with Crippen LogP contribution in [0.3, 0.4) is 0 Å². The van der Waals surface area contributed by atoms with Crippen molar-refractivity contribution in [3.05, 3.63) is 0 Å². The molecule has 0 aromatic rings. The first-order valence-corrected chi connectivity index (χ1v) is 23.9. The van der Waals surface area contributed by atoms with Gasteiger partial charge in [-0.2, -0.15) is 11.8 Å². The maximum absolute atomic E-state index is 14.3. The number of thioether (sulfide) groups is 1. The van der Waals surface area contributed by atoms with Crippen molar-refractivity contribution in [3.63, 3.8) is 0 Å². The van der Waals surface area contributed by atoms with Crippen molar-refractivity contribution >= 4 is 65.4 Å². The van der Waals surface area contributed by atoms with Crippen LogP contribution in [0.1, 0.15) is 140 Å². The second-order valence-electron chi connectivity index (χ2n) is 20.0. The number of esters is 2. The Morgan fingerprint density at radius 2 is 1.30 bits per heavy atom. The molecule has 0 aromatic heterocycles. The largest absolute Gasteiger partial charge is 0.460 e. The number of amides is 7. The average molecular weight is 955 g/mol. The molecule has 0 bridgehead atoms. The zero-order chi connectivity index (χ0) is 50.0. The Bertz CT molecular complexity index is 1710. The van der Waals surface area contributed by atoms with Crippen molar-refractivity contribution in [2.45, 2.75) is 199 Å². The number of nitrogens with one attached hydrogen (secondary N) is 7. The van der Waals surface area contributed by atoms with Crippen LogP contribution in [0.25, 0.3) is 0 Å². The number of nitrogens with two attached hydrogens (primary N) is 2. The van der Waals surface area contributed by atoms with E-state index in [1.165, 1.54) is 0 Å². The molecule has 7 amide bonds. The molecule has 2 saturated heterocycles. The molecule has 11 N–H and O–H groups in total. The zero-order valence-electron chi connectivity index (χ0n) is 40.8. The standard InChI is InChI=1S/C44H78N10O11S/c1-25(2)33(38(60)64-43(6,7)8)53-37(59)28(23-32(56)63-42(3,4)5)50-35(57)26(49-36(58)27(18-16-22-48-39(45)46)52-41(62)65-44(9,10)11)17-14-15-21-47-31(55)20-13-12-19-30-34-29(24-66-30)51-40(61)54-34/h25-30,33-34H,12-24H2,1-11H3,(H,47,55)(H,49,58)(H,50,57)(H,52,62)(H,53,59)(H4,45,46,48)(H2,51,54,61)/t26-,27-,28-,29-,30-,33-,34-/m0/s1. The lowest BCUT2D eigenvalue weighted by Gasteiger charge is -2.29. The van der Waals surface area contributed by atoms with Gasteiger partial charge < -0.3 is 62.9 Å². The second-order valence-corrected chi connectivity index (χ2v) is 21.3. The summed E-state index contributed by atoms with van der Waals surface area (Å²) < 4.78 is 16.4. The van der Waals surface area contributed by atoms with Gasteiger partial charge >= 0.3 is 24.1 Å². The number of fused-ring (bicyclic) bond motifs is 1. The molecular formula is C44H78N10O11S. The molecule has 0 unspecified atom stereocenters. The van der Waals surface area contributed by atoms with Crippen molar-refractivity contribution in [2.75, 3.05) is 18.8 Å². The first-order chi connectivity index (χ1) is 30.5. The summed E-state index contributed by atoms with van der Waals surface area (Å²) in [4.78, 5) is 110. The van der Waals surface area contributed by atoms with Gasteiger partial charge in [0, 0.05) is 30.5 Å². The molecule has 22 heteroatoms. The molecule has 0 radical (unpaired) electrons. The summed E-state index contributed by atoms with van der Waals surface area (Å²) in [7, 11) is 0. The van der Waals surface area contributed by atoms with E-state index in [4.69, 9.17) is 25.7 Å². The Hall–Kier alpha value is -5.02. The summed E-state index contributed by atoms with van der Waals surface area (Å²) in [5.74, 6) is -3.88. The molecular weight excluding hydrogens is 877 g/mol. The van der Waals surface area contributed by atoms with E-state index < -0.39 is 89.1 Å². The molecule has 2 aliphatic heterocycles. The van der Waals surface area contributed by atoms with E-state index in [1.807, 2.05) is 11.8 Å². The molecule has 21 nitrogen and oxygen atoms in total. The highest BCUT2D eigenvalue weighted by Gasteiger charge is 2.42. The Kier molecular flexibility index (Phi) is 22.8. The number of ether oxygens (including phenoxy) is 3. The third-order valence-corrected chi connectivity index (χ3v) is 11.5. The second kappa shape index (κ2) is 26.4. The lowest BCUT2D eigenvalue weighted by molar-refractivity contribution is -0.160. The summed E-state index contributed by atoms with van der Waals surface area (Å²) in [6.07, 6.45) is 2.22. The number of aliphatic imine (C=N–C) groups is 1. The Morgan fingerprint density at radius 3 is 1.89 bits per heavy atom. The lowest BCUT2D eigenvalue weighted by atomic mass is 10.0. The van der Waals surface area contributed by atoms with Crippen LogP contribution in [0.15, 0.2) is 4.99 Å². The number of carbonyl (C=O) groups is 8. The van der Waals surface area contributed by atoms with Crippen LogP contribution in [-0.2, 0) is 43.0 Å². The van der Waals surface area contributed by atoms with Gasteiger partial charge in [0.1, 0.15) is 41.0 Å².